The Bertz CT molecular complexity index is 650. The van der Waals surface area contributed by atoms with E-state index < -0.39 is 5.60 Å². The monoisotopic (exact) mass is 363 g/mol. The Morgan fingerprint density at radius 1 is 1.40 bits per heavy atom. The van der Waals surface area contributed by atoms with Gasteiger partial charge >= 0.3 is 0 Å². The third kappa shape index (κ3) is 5.24. The molecule has 0 fully saturated rings. The normalized spacial score (nSPS) is 21.9. The van der Waals surface area contributed by atoms with Gasteiger partial charge in [0.1, 0.15) is 5.60 Å². The van der Waals surface area contributed by atoms with Crippen LogP contribution in [0.1, 0.15) is 60.8 Å². The number of carbonyl (C=O) groups excluding carboxylic acids is 2. The zero-order valence-corrected chi connectivity index (χ0v) is 17.0. The van der Waals surface area contributed by atoms with E-state index in [2.05, 4.69) is 38.8 Å². The number of hydrogen-bond donors (Lipinski definition) is 0. The fourth-order valence-electron chi connectivity index (χ4n) is 2.65. The smallest absolute Gasteiger partial charge is 0.223 e. The van der Waals surface area contributed by atoms with Crippen molar-refractivity contribution in [2.45, 2.75) is 66.4 Å². The highest BCUT2D eigenvalue weighted by Crippen LogP contribution is 2.45. The van der Waals surface area contributed by atoms with E-state index in [0.29, 0.717) is 6.42 Å². The second kappa shape index (κ2) is 7.40. The van der Waals surface area contributed by atoms with Crippen molar-refractivity contribution in [2.75, 3.05) is 6.54 Å². The number of unbranched alkanes of at least 4 members (excludes halogenated alkanes) is 1. The highest BCUT2D eigenvalue weighted by atomic mass is 32.2. The summed E-state index contributed by atoms with van der Waals surface area (Å²) in [5, 5.41) is 0.906. The van der Waals surface area contributed by atoms with E-state index in [1.54, 1.807) is 17.8 Å². The molecule has 0 saturated carbocycles. The van der Waals surface area contributed by atoms with Gasteiger partial charge in [-0.05, 0) is 25.7 Å². The molecule has 2 rings (SSSR count). The average molecular weight is 364 g/mol. The van der Waals surface area contributed by atoms with Gasteiger partial charge < -0.3 is 9.64 Å². The van der Waals surface area contributed by atoms with Gasteiger partial charge in [0.15, 0.2) is 11.5 Å². The van der Waals surface area contributed by atoms with E-state index in [1.165, 1.54) is 11.0 Å². The molecule has 0 N–H and O–H groups in total. The molecule has 4 nitrogen and oxygen atoms in total. The highest BCUT2D eigenvalue weighted by molar-refractivity contribution is 8.07. The van der Waals surface area contributed by atoms with Gasteiger partial charge in [-0.25, -0.2) is 0 Å². The van der Waals surface area contributed by atoms with Crippen molar-refractivity contribution in [1.29, 1.82) is 0 Å². The van der Waals surface area contributed by atoms with Crippen molar-refractivity contribution in [2.24, 2.45) is 5.41 Å². The lowest BCUT2D eigenvalue weighted by Crippen LogP contribution is -2.33. The van der Waals surface area contributed by atoms with Crippen molar-refractivity contribution < 1.29 is 14.3 Å². The van der Waals surface area contributed by atoms with Gasteiger partial charge in [-0.3, -0.25) is 9.59 Å². The molecule has 0 radical (unpaired) electrons. The van der Waals surface area contributed by atoms with Gasteiger partial charge in [0.25, 0.3) is 0 Å². The van der Waals surface area contributed by atoms with E-state index >= 15 is 0 Å². The van der Waals surface area contributed by atoms with Gasteiger partial charge in [0, 0.05) is 36.2 Å². The summed E-state index contributed by atoms with van der Waals surface area (Å²) in [7, 11) is 0. The SMILES string of the molecule is CCCCN1C=C(C(C)(C)C)SC1=CC(=O)C1=CC(=O)CC(C)(C)O1. The third-order valence-electron chi connectivity index (χ3n) is 4.04. The van der Waals surface area contributed by atoms with Crippen LogP contribution >= 0.6 is 11.8 Å². The van der Waals surface area contributed by atoms with Crippen LogP contribution in [0.15, 0.2) is 34.0 Å². The Kier molecular flexibility index (Phi) is 5.87. The van der Waals surface area contributed by atoms with Gasteiger partial charge in [-0.1, -0.05) is 45.9 Å². The Morgan fingerprint density at radius 2 is 2.08 bits per heavy atom. The maximum atomic E-state index is 12.7. The lowest BCUT2D eigenvalue weighted by Gasteiger charge is -2.29. The zero-order valence-electron chi connectivity index (χ0n) is 16.1. The Balaban J connectivity index is 2.23. The van der Waals surface area contributed by atoms with Crippen LogP contribution in [0.3, 0.4) is 0 Å². The molecule has 0 aliphatic carbocycles. The predicted molar refractivity (Wildman–Crippen MR) is 103 cm³/mol. The number of ether oxygens (including phenoxy) is 1. The second-order valence-corrected chi connectivity index (χ2v) is 9.31. The summed E-state index contributed by atoms with van der Waals surface area (Å²) in [5.74, 6) is -0.156. The number of hydrogen-bond acceptors (Lipinski definition) is 5. The van der Waals surface area contributed by atoms with Gasteiger partial charge in [0.2, 0.25) is 5.78 Å². The summed E-state index contributed by atoms with van der Waals surface area (Å²) in [6.07, 6.45) is 7.54. The Labute approximate surface area is 155 Å². The van der Waals surface area contributed by atoms with Crippen LogP contribution in [0, 0.1) is 5.41 Å². The van der Waals surface area contributed by atoms with E-state index in [0.717, 1.165) is 24.4 Å². The lowest BCUT2D eigenvalue weighted by molar-refractivity contribution is -0.127. The molecule has 0 amide bonds. The first-order chi connectivity index (χ1) is 11.5. The molecule has 0 bridgehead atoms. The Morgan fingerprint density at radius 3 is 2.64 bits per heavy atom. The zero-order chi connectivity index (χ0) is 18.8. The molecule has 138 valence electrons. The molecule has 2 aliphatic rings. The van der Waals surface area contributed by atoms with Crippen LogP contribution in [0.2, 0.25) is 0 Å². The number of ketones is 2. The van der Waals surface area contributed by atoms with Gasteiger partial charge in [0.05, 0.1) is 5.03 Å². The molecule has 0 aromatic rings. The topological polar surface area (TPSA) is 46.6 Å². The number of thioether (sulfide) groups is 1. The summed E-state index contributed by atoms with van der Waals surface area (Å²) in [6, 6.07) is 0. The lowest BCUT2D eigenvalue weighted by atomic mass is 9.96. The van der Waals surface area contributed by atoms with Crippen molar-refractivity contribution in [3.8, 4) is 0 Å². The first-order valence-electron chi connectivity index (χ1n) is 8.88. The number of carbonyl (C=O) groups is 2. The molecule has 0 saturated heterocycles. The van der Waals surface area contributed by atoms with E-state index in [-0.39, 0.29) is 22.7 Å². The van der Waals surface area contributed by atoms with Crippen LogP contribution in [0.4, 0.5) is 0 Å². The van der Waals surface area contributed by atoms with E-state index in [4.69, 9.17) is 4.74 Å². The van der Waals surface area contributed by atoms with Crippen molar-refractivity contribution in [3.05, 3.63) is 34.0 Å². The number of rotatable bonds is 5. The quantitative estimate of drug-likeness (QED) is 0.658. The van der Waals surface area contributed by atoms with Crippen LogP contribution < -0.4 is 0 Å². The van der Waals surface area contributed by atoms with E-state index in [9.17, 15) is 9.59 Å². The predicted octanol–water partition coefficient (Wildman–Crippen LogP) is 4.79. The fourth-order valence-corrected chi connectivity index (χ4v) is 3.79. The minimum atomic E-state index is -0.630. The second-order valence-electron chi connectivity index (χ2n) is 8.25. The van der Waals surface area contributed by atoms with Crippen LogP contribution in [-0.4, -0.2) is 28.6 Å². The van der Waals surface area contributed by atoms with E-state index in [1.807, 2.05) is 13.8 Å². The first kappa shape index (κ1) is 19.8. The number of allylic oxidation sites excluding steroid dienone is 3. The molecular weight excluding hydrogens is 334 g/mol. The average Bonchev–Trinajstić information content (AvgIpc) is 2.86. The Hall–Kier alpha value is -1.49. The summed E-state index contributed by atoms with van der Waals surface area (Å²) in [4.78, 5) is 27.9. The molecule has 0 spiro atoms. The van der Waals surface area contributed by atoms with Crippen LogP contribution in [-0.2, 0) is 14.3 Å². The molecule has 2 aliphatic heterocycles. The largest absolute Gasteiger partial charge is 0.483 e. The molecule has 0 unspecified atom stereocenters. The van der Waals surface area contributed by atoms with Gasteiger partial charge in [-0.2, -0.15) is 0 Å². The standard InChI is InChI=1S/C20H29NO3S/c1-7-8-9-21-13-17(19(2,3)4)25-18(21)11-15(23)16-10-14(22)12-20(5,6)24-16/h10-11,13H,7-9,12H2,1-6H3. The molecule has 25 heavy (non-hydrogen) atoms. The first-order valence-corrected chi connectivity index (χ1v) is 9.70. The minimum Gasteiger partial charge on any atom is -0.483 e. The third-order valence-corrected chi connectivity index (χ3v) is 5.54. The minimum absolute atomic E-state index is 0.0341. The molecule has 5 heteroatoms. The van der Waals surface area contributed by atoms with Crippen molar-refractivity contribution in [1.82, 2.24) is 4.90 Å². The summed E-state index contributed by atoms with van der Waals surface area (Å²) in [5.41, 5.74) is -0.596. The maximum Gasteiger partial charge on any atom is 0.223 e. The van der Waals surface area contributed by atoms with Crippen LogP contribution in [0.5, 0.6) is 0 Å². The van der Waals surface area contributed by atoms with Crippen molar-refractivity contribution >= 4 is 23.3 Å². The number of nitrogens with zero attached hydrogens (tertiary/aromatic N) is 1. The molecule has 0 atom stereocenters. The summed E-state index contributed by atoms with van der Waals surface area (Å²) >= 11 is 1.63. The molecule has 0 aromatic carbocycles. The van der Waals surface area contributed by atoms with Crippen molar-refractivity contribution in [3.63, 3.8) is 0 Å². The molecule has 2 heterocycles. The fraction of sp³-hybridized carbons (Fsp3) is 0.600. The summed E-state index contributed by atoms with van der Waals surface area (Å²) < 4.78 is 5.73. The van der Waals surface area contributed by atoms with Gasteiger partial charge in [-0.15, -0.1) is 0 Å². The maximum absolute atomic E-state index is 12.7. The molecule has 0 aromatic heterocycles. The van der Waals surface area contributed by atoms with Crippen LogP contribution in [0.25, 0.3) is 0 Å². The highest BCUT2D eigenvalue weighted by Gasteiger charge is 2.33. The molecular formula is C20H29NO3S. The summed E-state index contributed by atoms with van der Waals surface area (Å²) in [6.45, 7) is 13.2.